The van der Waals surface area contributed by atoms with Crippen molar-refractivity contribution < 1.29 is 0 Å². The maximum absolute atomic E-state index is 2.50. The van der Waals surface area contributed by atoms with Crippen LogP contribution < -0.4 is 0 Å². The Hall–Kier alpha value is 0. The molecule has 0 rings (SSSR count). The molecule has 1 atom stereocenters. The summed E-state index contributed by atoms with van der Waals surface area (Å²) < 4.78 is 0. The SMILES string of the molecule is CCCCCCCCCCCCCCCCCCCC(C)CCCCCCCCCCCCCC. The van der Waals surface area contributed by atoms with Crippen molar-refractivity contribution in [3.05, 3.63) is 0 Å². The van der Waals surface area contributed by atoms with Gasteiger partial charge in [0.25, 0.3) is 0 Å². The molecule has 0 fully saturated rings. The van der Waals surface area contributed by atoms with E-state index in [9.17, 15) is 0 Å². The van der Waals surface area contributed by atoms with Crippen molar-refractivity contribution in [2.75, 3.05) is 0 Å². The van der Waals surface area contributed by atoms with E-state index in [0.717, 1.165) is 5.92 Å². The Labute approximate surface area is 225 Å². The van der Waals surface area contributed by atoms with Crippen molar-refractivity contribution in [3.8, 4) is 0 Å². The Morgan fingerprint density at radius 2 is 0.429 bits per heavy atom. The van der Waals surface area contributed by atoms with Gasteiger partial charge in [0.2, 0.25) is 0 Å². The van der Waals surface area contributed by atoms with Crippen LogP contribution in [0.25, 0.3) is 0 Å². The third kappa shape index (κ3) is 32.0. The first-order valence-corrected chi connectivity index (χ1v) is 17.3. The number of hydrogen-bond donors (Lipinski definition) is 0. The van der Waals surface area contributed by atoms with Gasteiger partial charge in [-0.3, -0.25) is 0 Å². The minimum atomic E-state index is 0.967. The van der Waals surface area contributed by atoms with Crippen molar-refractivity contribution in [2.45, 2.75) is 220 Å². The van der Waals surface area contributed by atoms with Crippen LogP contribution in [0.15, 0.2) is 0 Å². The third-order valence-electron chi connectivity index (χ3n) is 8.35. The van der Waals surface area contributed by atoms with E-state index in [1.54, 1.807) is 0 Å². The summed E-state index contributed by atoms with van der Waals surface area (Å²) >= 11 is 0. The van der Waals surface area contributed by atoms with Gasteiger partial charge in [-0.1, -0.05) is 220 Å². The molecule has 0 aromatic heterocycles. The van der Waals surface area contributed by atoms with Gasteiger partial charge in [-0.15, -0.1) is 0 Å². The van der Waals surface area contributed by atoms with Crippen molar-refractivity contribution >= 4 is 0 Å². The number of unbranched alkanes of at least 4 members (excludes halogenated alkanes) is 27. The monoisotopic (exact) mass is 493 g/mol. The second kappa shape index (κ2) is 32.0. The third-order valence-corrected chi connectivity index (χ3v) is 8.35. The highest BCUT2D eigenvalue weighted by molar-refractivity contribution is 4.56. The van der Waals surface area contributed by atoms with Gasteiger partial charge in [0.05, 0.1) is 0 Å². The van der Waals surface area contributed by atoms with Gasteiger partial charge in [0, 0.05) is 0 Å². The summed E-state index contributed by atoms with van der Waals surface area (Å²) in [6, 6.07) is 0. The predicted octanol–water partition coefficient (Wildman–Crippen LogP) is 13.8. The first-order valence-electron chi connectivity index (χ1n) is 17.3. The normalized spacial score (nSPS) is 12.4. The summed E-state index contributed by atoms with van der Waals surface area (Å²) in [5.41, 5.74) is 0. The highest BCUT2D eigenvalue weighted by Gasteiger charge is 2.02. The van der Waals surface area contributed by atoms with Crippen molar-refractivity contribution in [1.29, 1.82) is 0 Å². The van der Waals surface area contributed by atoms with Gasteiger partial charge < -0.3 is 0 Å². The summed E-state index contributed by atoms with van der Waals surface area (Å²) in [7, 11) is 0. The van der Waals surface area contributed by atoms with E-state index >= 15 is 0 Å². The van der Waals surface area contributed by atoms with Gasteiger partial charge >= 0.3 is 0 Å². The molecule has 0 N–H and O–H groups in total. The second-order valence-corrected chi connectivity index (χ2v) is 12.2. The molecule has 0 amide bonds. The fraction of sp³-hybridized carbons (Fsp3) is 1.00. The molecule has 0 aliphatic carbocycles. The van der Waals surface area contributed by atoms with Crippen molar-refractivity contribution in [2.24, 2.45) is 5.92 Å². The minimum Gasteiger partial charge on any atom is -0.0654 e. The molecule has 0 aliphatic rings. The maximum atomic E-state index is 2.50. The standard InChI is InChI=1S/C35H72/c1-4-6-8-10-12-14-16-18-19-20-21-22-24-26-28-30-32-34-35(3)33-31-29-27-25-23-17-15-13-11-9-7-5-2/h35H,4-34H2,1-3H3. The summed E-state index contributed by atoms with van der Waals surface area (Å²) in [4.78, 5) is 0. The van der Waals surface area contributed by atoms with Crippen molar-refractivity contribution in [3.63, 3.8) is 0 Å². The molecule has 212 valence electrons. The first-order chi connectivity index (χ1) is 17.3. The molecule has 0 spiro atoms. The van der Waals surface area contributed by atoms with E-state index in [4.69, 9.17) is 0 Å². The highest BCUT2D eigenvalue weighted by Crippen LogP contribution is 2.19. The van der Waals surface area contributed by atoms with Crippen LogP contribution in [-0.4, -0.2) is 0 Å². The molecule has 0 heteroatoms. The van der Waals surface area contributed by atoms with Crippen molar-refractivity contribution in [1.82, 2.24) is 0 Å². The smallest absolute Gasteiger partial charge is 0.0443 e. The molecule has 0 nitrogen and oxygen atoms in total. The molecule has 0 bridgehead atoms. The molecule has 0 aliphatic heterocycles. The van der Waals surface area contributed by atoms with Crippen LogP contribution in [-0.2, 0) is 0 Å². The zero-order chi connectivity index (χ0) is 25.5. The van der Waals surface area contributed by atoms with E-state index in [1.807, 2.05) is 0 Å². The fourth-order valence-electron chi connectivity index (χ4n) is 5.70. The zero-order valence-corrected chi connectivity index (χ0v) is 25.5. The van der Waals surface area contributed by atoms with Crippen LogP contribution in [0.3, 0.4) is 0 Å². The van der Waals surface area contributed by atoms with E-state index in [-0.39, 0.29) is 0 Å². The van der Waals surface area contributed by atoms with Crippen LogP contribution >= 0.6 is 0 Å². The zero-order valence-electron chi connectivity index (χ0n) is 25.5. The highest BCUT2D eigenvalue weighted by atomic mass is 14.1. The number of rotatable bonds is 31. The van der Waals surface area contributed by atoms with Crippen LogP contribution in [0.5, 0.6) is 0 Å². The molecule has 1 unspecified atom stereocenters. The van der Waals surface area contributed by atoms with Gasteiger partial charge in [0.1, 0.15) is 0 Å². The lowest BCUT2D eigenvalue weighted by atomic mass is 9.95. The molecular weight excluding hydrogens is 420 g/mol. The quantitative estimate of drug-likeness (QED) is 0.0844. The minimum absolute atomic E-state index is 0.967. The Morgan fingerprint density at radius 3 is 0.629 bits per heavy atom. The van der Waals surface area contributed by atoms with Crippen LogP contribution in [0.2, 0.25) is 0 Å². The molecule has 35 heavy (non-hydrogen) atoms. The lowest BCUT2D eigenvalue weighted by Crippen LogP contribution is -1.95. The fourth-order valence-corrected chi connectivity index (χ4v) is 5.70. The van der Waals surface area contributed by atoms with Gasteiger partial charge in [-0.25, -0.2) is 0 Å². The number of hydrogen-bond acceptors (Lipinski definition) is 0. The Morgan fingerprint density at radius 1 is 0.257 bits per heavy atom. The molecule has 0 aromatic rings. The average Bonchev–Trinajstić information content (AvgIpc) is 2.86. The topological polar surface area (TPSA) is 0 Å². The lowest BCUT2D eigenvalue weighted by molar-refractivity contribution is 0.429. The summed E-state index contributed by atoms with van der Waals surface area (Å²) in [6.07, 6.45) is 45.7. The van der Waals surface area contributed by atoms with E-state index in [2.05, 4.69) is 20.8 Å². The maximum Gasteiger partial charge on any atom is -0.0443 e. The molecule has 0 aromatic carbocycles. The summed E-state index contributed by atoms with van der Waals surface area (Å²) in [5.74, 6) is 0.967. The second-order valence-electron chi connectivity index (χ2n) is 12.2. The van der Waals surface area contributed by atoms with Crippen LogP contribution in [0.4, 0.5) is 0 Å². The van der Waals surface area contributed by atoms with Crippen LogP contribution in [0, 0.1) is 5.92 Å². The Balaban J connectivity index is 3.13. The molecule has 0 radical (unpaired) electrons. The predicted molar refractivity (Wildman–Crippen MR) is 164 cm³/mol. The molecule has 0 saturated heterocycles. The molecular formula is C35H72. The van der Waals surface area contributed by atoms with E-state index in [1.165, 1.54) is 199 Å². The van der Waals surface area contributed by atoms with Gasteiger partial charge in [0.15, 0.2) is 0 Å². The summed E-state index contributed by atoms with van der Waals surface area (Å²) in [5, 5.41) is 0. The first kappa shape index (κ1) is 35.0. The van der Waals surface area contributed by atoms with E-state index < -0.39 is 0 Å². The van der Waals surface area contributed by atoms with Crippen LogP contribution in [0.1, 0.15) is 220 Å². The molecule has 0 saturated carbocycles. The Kier molecular flexibility index (Phi) is 32.0. The molecule has 0 heterocycles. The van der Waals surface area contributed by atoms with E-state index in [0.29, 0.717) is 0 Å². The largest absolute Gasteiger partial charge is 0.0654 e. The Bertz CT molecular complexity index is 346. The van der Waals surface area contributed by atoms with Gasteiger partial charge in [-0.2, -0.15) is 0 Å². The summed E-state index contributed by atoms with van der Waals surface area (Å²) in [6.45, 7) is 7.12. The average molecular weight is 493 g/mol. The lowest BCUT2D eigenvalue weighted by Gasteiger charge is -2.11. The van der Waals surface area contributed by atoms with Gasteiger partial charge in [-0.05, 0) is 5.92 Å².